The number of hydrogen-bond acceptors (Lipinski definition) is 3. The zero-order valence-corrected chi connectivity index (χ0v) is 10.7. The van der Waals surface area contributed by atoms with Gasteiger partial charge in [0.1, 0.15) is 0 Å². The fraction of sp³-hybridized carbons (Fsp3) is 0.615. The zero-order valence-electron chi connectivity index (χ0n) is 10.7. The van der Waals surface area contributed by atoms with E-state index in [9.17, 15) is 13.2 Å². The van der Waals surface area contributed by atoms with Crippen molar-refractivity contribution in [2.24, 2.45) is 0 Å². The highest BCUT2D eigenvalue weighted by molar-refractivity contribution is 5.30. The van der Waals surface area contributed by atoms with E-state index in [2.05, 4.69) is 9.88 Å². The van der Waals surface area contributed by atoms with Crippen LogP contribution in [0, 0.1) is 0 Å². The van der Waals surface area contributed by atoms with E-state index in [1.807, 2.05) is 7.05 Å². The number of aromatic nitrogens is 1. The summed E-state index contributed by atoms with van der Waals surface area (Å²) in [5.41, 5.74) is -0.516. The van der Waals surface area contributed by atoms with Gasteiger partial charge >= 0.3 is 6.18 Å². The van der Waals surface area contributed by atoms with Crippen LogP contribution in [0.15, 0.2) is 12.3 Å². The van der Waals surface area contributed by atoms with Gasteiger partial charge in [-0.1, -0.05) is 0 Å². The maximum Gasteiger partial charge on any atom is 0.418 e. The summed E-state index contributed by atoms with van der Waals surface area (Å²) >= 11 is 0. The minimum atomic E-state index is -4.47. The van der Waals surface area contributed by atoms with Gasteiger partial charge in [0.05, 0.1) is 17.9 Å². The van der Waals surface area contributed by atoms with Gasteiger partial charge in [0.2, 0.25) is 0 Å². The molecule has 0 spiro atoms. The van der Waals surface area contributed by atoms with E-state index in [0.717, 1.165) is 32.0 Å². The predicted molar refractivity (Wildman–Crippen MR) is 64.6 cm³/mol. The molecular formula is C13H17F3N2O. The lowest BCUT2D eigenvalue weighted by molar-refractivity contribution is -0.139. The Balaban J connectivity index is 2.32. The van der Waals surface area contributed by atoms with Crippen molar-refractivity contribution in [3.63, 3.8) is 0 Å². The van der Waals surface area contributed by atoms with Crippen molar-refractivity contribution in [2.75, 3.05) is 20.1 Å². The molecule has 106 valence electrons. The zero-order chi connectivity index (χ0) is 14.0. The van der Waals surface area contributed by atoms with E-state index in [4.69, 9.17) is 5.11 Å². The second-order valence-electron chi connectivity index (χ2n) is 5.02. The number of halogens is 3. The Morgan fingerprint density at radius 3 is 2.79 bits per heavy atom. The molecule has 0 aromatic carbocycles. The van der Waals surface area contributed by atoms with Crippen molar-refractivity contribution in [1.82, 2.24) is 9.88 Å². The Bertz CT molecular complexity index is 448. The van der Waals surface area contributed by atoms with Crippen molar-refractivity contribution < 1.29 is 18.3 Å². The summed E-state index contributed by atoms with van der Waals surface area (Å²) in [6.07, 6.45) is -1.15. The van der Waals surface area contributed by atoms with Crippen LogP contribution in [0.3, 0.4) is 0 Å². The number of nitrogens with zero attached hydrogens (tertiary/aromatic N) is 2. The molecule has 2 heterocycles. The van der Waals surface area contributed by atoms with Crippen molar-refractivity contribution in [3.8, 4) is 0 Å². The van der Waals surface area contributed by atoms with Crippen molar-refractivity contribution in [3.05, 3.63) is 29.1 Å². The molecule has 6 heteroatoms. The molecule has 0 radical (unpaired) electrons. The van der Waals surface area contributed by atoms with Gasteiger partial charge in [0.15, 0.2) is 0 Å². The van der Waals surface area contributed by atoms with Crippen LogP contribution in [-0.2, 0) is 12.8 Å². The Kier molecular flexibility index (Phi) is 4.10. The maximum absolute atomic E-state index is 12.9. The van der Waals surface area contributed by atoms with E-state index in [-0.39, 0.29) is 11.6 Å². The lowest BCUT2D eigenvalue weighted by Crippen LogP contribution is -2.31. The Morgan fingerprint density at radius 2 is 2.21 bits per heavy atom. The average molecular weight is 274 g/mol. The van der Waals surface area contributed by atoms with Gasteiger partial charge in [-0.25, -0.2) is 0 Å². The van der Waals surface area contributed by atoms with Crippen LogP contribution in [-0.4, -0.2) is 35.1 Å². The summed E-state index contributed by atoms with van der Waals surface area (Å²) in [5.74, 6) is 0.0834. The Morgan fingerprint density at radius 1 is 1.47 bits per heavy atom. The number of rotatable bonds is 2. The summed E-state index contributed by atoms with van der Waals surface area (Å²) in [6.45, 7) is 1.03. The number of likely N-dealkylation sites (N-methyl/N-ethyl adjacent to an activating group) is 1. The van der Waals surface area contributed by atoms with Gasteiger partial charge in [-0.2, -0.15) is 13.2 Å². The number of hydrogen-bond donors (Lipinski definition) is 1. The summed E-state index contributed by atoms with van der Waals surface area (Å²) in [6, 6.07) is 1.14. The molecule has 0 amide bonds. The molecular weight excluding hydrogens is 257 g/mol. The summed E-state index contributed by atoms with van der Waals surface area (Å²) in [5, 5.41) is 8.95. The highest BCUT2D eigenvalue weighted by Crippen LogP contribution is 2.34. The second-order valence-corrected chi connectivity index (χ2v) is 5.02. The Labute approximate surface area is 110 Å². The molecule has 1 N–H and O–H groups in total. The van der Waals surface area contributed by atoms with Crippen LogP contribution in [0.2, 0.25) is 0 Å². The van der Waals surface area contributed by atoms with E-state index in [0.29, 0.717) is 5.56 Å². The van der Waals surface area contributed by atoms with Crippen LogP contribution in [0.5, 0.6) is 0 Å². The molecule has 1 unspecified atom stereocenters. The molecule has 0 aliphatic carbocycles. The van der Waals surface area contributed by atoms with E-state index in [1.54, 1.807) is 0 Å². The largest absolute Gasteiger partial charge is 0.418 e. The number of aliphatic hydroxyl groups is 1. The van der Waals surface area contributed by atoms with Crippen LogP contribution in [0.25, 0.3) is 0 Å². The predicted octanol–water partition coefficient (Wildman–Crippen LogP) is 2.40. The number of likely N-dealkylation sites (tertiary alicyclic amines) is 1. The first kappa shape index (κ1) is 14.3. The monoisotopic (exact) mass is 274 g/mol. The molecule has 3 nitrogen and oxygen atoms in total. The molecule has 1 aliphatic heterocycles. The third-order valence-electron chi connectivity index (χ3n) is 3.54. The highest BCUT2D eigenvalue weighted by atomic mass is 19.4. The minimum absolute atomic E-state index is 0.0834. The first-order valence-corrected chi connectivity index (χ1v) is 6.27. The number of pyridine rings is 1. The van der Waals surface area contributed by atoms with Crippen LogP contribution < -0.4 is 0 Å². The van der Waals surface area contributed by atoms with Gasteiger partial charge in [-0.3, -0.25) is 4.98 Å². The van der Waals surface area contributed by atoms with Crippen molar-refractivity contribution in [2.45, 2.75) is 31.5 Å². The van der Waals surface area contributed by atoms with Crippen LogP contribution in [0.4, 0.5) is 13.2 Å². The van der Waals surface area contributed by atoms with Gasteiger partial charge in [0, 0.05) is 12.7 Å². The number of piperidine rings is 1. The second kappa shape index (κ2) is 5.46. The van der Waals surface area contributed by atoms with Gasteiger partial charge in [0.25, 0.3) is 0 Å². The molecule has 1 aliphatic rings. The maximum atomic E-state index is 12.9. The standard InChI is InChI=1S/C13H17F3N2O/c1-18-4-2-3-9(7-18)10-5-11(13(14,15)16)12(8-19)17-6-10/h5-6,9,19H,2-4,7-8H2,1H3. The van der Waals surface area contributed by atoms with Crippen LogP contribution >= 0.6 is 0 Å². The van der Waals surface area contributed by atoms with Crippen molar-refractivity contribution >= 4 is 0 Å². The third-order valence-corrected chi connectivity index (χ3v) is 3.54. The molecule has 1 aromatic rings. The summed E-state index contributed by atoms with van der Waals surface area (Å²) < 4.78 is 38.7. The fourth-order valence-electron chi connectivity index (χ4n) is 2.54. The molecule has 0 bridgehead atoms. The molecule has 1 aromatic heterocycles. The van der Waals surface area contributed by atoms with Crippen LogP contribution in [0.1, 0.15) is 35.6 Å². The normalized spacial score (nSPS) is 21.6. The molecule has 19 heavy (non-hydrogen) atoms. The first-order valence-electron chi connectivity index (χ1n) is 6.27. The quantitative estimate of drug-likeness (QED) is 0.899. The topological polar surface area (TPSA) is 36.4 Å². The van der Waals surface area contributed by atoms with E-state index < -0.39 is 18.3 Å². The van der Waals surface area contributed by atoms with Gasteiger partial charge in [-0.05, 0) is 44.0 Å². The van der Waals surface area contributed by atoms with Crippen molar-refractivity contribution in [1.29, 1.82) is 0 Å². The minimum Gasteiger partial charge on any atom is -0.390 e. The molecule has 1 fully saturated rings. The average Bonchev–Trinajstić information content (AvgIpc) is 2.37. The lowest BCUT2D eigenvalue weighted by atomic mass is 9.91. The van der Waals surface area contributed by atoms with E-state index >= 15 is 0 Å². The van der Waals surface area contributed by atoms with Gasteiger partial charge < -0.3 is 10.0 Å². The number of alkyl halides is 3. The van der Waals surface area contributed by atoms with E-state index in [1.165, 1.54) is 6.20 Å². The summed E-state index contributed by atoms with van der Waals surface area (Å²) in [7, 11) is 1.96. The van der Waals surface area contributed by atoms with Gasteiger partial charge in [-0.15, -0.1) is 0 Å². The third kappa shape index (κ3) is 3.25. The summed E-state index contributed by atoms with van der Waals surface area (Å²) in [4.78, 5) is 5.89. The lowest BCUT2D eigenvalue weighted by Gasteiger charge is -2.30. The Hall–Kier alpha value is -1.14. The molecule has 0 saturated carbocycles. The SMILES string of the molecule is CN1CCCC(c2cnc(CO)c(C(F)(F)F)c2)C1. The molecule has 1 saturated heterocycles. The number of aliphatic hydroxyl groups excluding tert-OH is 1. The molecule has 2 rings (SSSR count). The first-order chi connectivity index (χ1) is 8.91. The highest BCUT2D eigenvalue weighted by Gasteiger charge is 2.35. The fourth-order valence-corrected chi connectivity index (χ4v) is 2.54. The smallest absolute Gasteiger partial charge is 0.390 e. The molecule has 1 atom stereocenters.